The Labute approximate surface area is 98.3 Å². The third-order valence-corrected chi connectivity index (χ3v) is 2.56. The van der Waals surface area contributed by atoms with Crippen LogP contribution in [0.3, 0.4) is 0 Å². The molecule has 1 aliphatic heterocycles. The zero-order chi connectivity index (χ0) is 10.4. The predicted octanol–water partition coefficient (Wildman–Crippen LogP) is 1.61. The summed E-state index contributed by atoms with van der Waals surface area (Å²) in [6.45, 7) is 4.07. The standard InChI is InChI=1S/C10H14INO2/c1-2-14-10(13)9-3-6-12(7-4-9)8-5-11/h9H,2-4,6-7H2,1H3. The molecular formula is C10H14INO2. The lowest BCUT2D eigenvalue weighted by Crippen LogP contribution is -2.34. The minimum absolute atomic E-state index is 0.0467. The average molecular weight is 307 g/mol. The molecule has 0 unspecified atom stereocenters. The number of carbonyl (C=O) groups is 1. The van der Waals surface area contributed by atoms with Crippen LogP contribution in [0.15, 0.2) is 0 Å². The van der Waals surface area contributed by atoms with Crippen molar-refractivity contribution in [2.45, 2.75) is 19.8 Å². The van der Waals surface area contributed by atoms with Gasteiger partial charge in [0, 0.05) is 41.7 Å². The van der Waals surface area contributed by atoms with Gasteiger partial charge >= 0.3 is 5.97 Å². The van der Waals surface area contributed by atoms with Crippen LogP contribution in [0.4, 0.5) is 0 Å². The second kappa shape index (κ2) is 6.12. The molecule has 4 heteroatoms. The van der Waals surface area contributed by atoms with E-state index in [1.54, 1.807) is 0 Å². The van der Waals surface area contributed by atoms with Gasteiger partial charge in [-0.2, -0.15) is 0 Å². The highest BCUT2D eigenvalue weighted by atomic mass is 127. The number of esters is 1. The molecule has 0 spiro atoms. The third kappa shape index (κ3) is 3.37. The molecule has 1 fully saturated rings. The van der Waals surface area contributed by atoms with Crippen LogP contribution in [-0.4, -0.2) is 30.6 Å². The largest absolute Gasteiger partial charge is 0.466 e. The maximum Gasteiger partial charge on any atom is 0.309 e. The van der Waals surface area contributed by atoms with Gasteiger partial charge in [0.1, 0.15) is 0 Å². The Morgan fingerprint density at radius 2 is 2.21 bits per heavy atom. The molecule has 0 amide bonds. The van der Waals surface area contributed by atoms with Gasteiger partial charge in [-0.3, -0.25) is 4.79 Å². The van der Waals surface area contributed by atoms with Crippen molar-refractivity contribution in [3.63, 3.8) is 0 Å². The van der Waals surface area contributed by atoms with Crippen LogP contribution >= 0.6 is 22.6 Å². The second-order valence-corrected chi connectivity index (χ2v) is 3.76. The second-order valence-electron chi connectivity index (χ2n) is 3.22. The van der Waals surface area contributed by atoms with Crippen molar-refractivity contribution in [3.05, 3.63) is 0 Å². The van der Waals surface area contributed by atoms with E-state index >= 15 is 0 Å². The van der Waals surface area contributed by atoms with Crippen molar-refractivity contribution in [2.75, 3.05) is 19.7 Å². The molecule has 1 heterocycles. The molecule has 0 atom stereocenters. The van der Waals surface area contributed by atoms with Gasteiger partial charge in [-0.1, -0.05) is 0 Å². The highest BCUT2D eigenvalue weighted by Gasteiger charge is 2.24. The van der Waals surface area contributed by atoms with Gasteiger partial charge in [0.15, 0.2) is 0 Å². The zero-order valence-corrected chi connectivity index (χ0v) is 10.4. The summed E-state index contributed by atoms with van der Waals surface area (Å²) in [5.74, 6) is 0.0387. The smallest absolute Gasteiger partial charge is 0.309 e. The summed E-state index contributed by atoms with van der Waals surface area (Å²) in [5.41, 5.74) is 0. The van der Waals surface area contributed by atoms with Crippen molar-refractivity contribution in [2.24, 2.45) is 5.92 Å². The van der Waals surface area contributed by atoms with Crippen LogP contribution in [0.25, 0.3) is 0 Å². The molecule has 78 valence electrons. The fraction of sp³-hybridized carbons (Fsp3) is 0.700. The summed E-state index contributed by atoms with van der Waals surface area (Å²) >= 11 is 2.03. The maximum atomic E-state index is 11.4. The summed E-state index contributed by atoms with van der Waals surface area (Å²) in [7, 11) is 0. The van der Waals surface area contributed by atoms with E-state index in [0.717, 1.165) is 25.9 Å². The van der Waals surface area contributed by atoms with Crippen molar-refractivity contribution >= 4 is 28.6 Å². The Hall–Kier alpha value is -0.440. The topological polar surface area (TPSA) is 29.5 Å². The molecule has 0 aromatic carbocycles. The molecule has 0 saturated carbocycles. The monoisotopic (exact) mass is 307 g/mol. The molecule has 1 aliphatic rings. The molecule has 1 rings (SSSR count). The molecule has 0 bridgehead atoms. The molecule has 0 aromatic rings. The van der Waals surface area contributed by atoms with Crippen LogP contribution in [-0.2, 0) is 9.53 Å². The number of ether oxygens (including phenoxy) is 1. The summed E-state index contributed by atoms with van der Waals surface area (Å²) in [6.07, 6.45) is 1.73. The van der Waals surface area contributed by atoms with E-state index in [-0.39, 0.29) is 11.9 Å². The average Bonchev–Trinajstić information content (AvgIpc) is 2.20. The fourth-order valence-corrected chi connectivity index (χ4v) is 1.89. The van der Waals surface area contributed by atoms with E-state index in [2.05, 4.69) is 14.9 Å². The van der Waals surface area contributed by atoms with Gasteiger partial charge in [0.25, 0.3) is 0 Å². The van der Waals surface area contributed by atoms with Crippen molar-refractivity contribution in [3.8, 4) is 9.97 Å². The molecule has 0 N–H and O–H groups in total. The van der Waals surface area contributed by atoms with Crippen LogP contribution in [0.1, 0.15) is 19.8 Å². The number of nitrogens with zero attached hydrogens (tertiary/aromatic N) is 1. The first-order valence-electron chi connectivity index (χ1n) is 4.80. The quantitative estimate of drug-likeness (QED) is 0.441. The first-order chi connectivity index (χ1) is 6.77. The summed E-state index contributed by atoms with van der Waals surface area (Å²) < 4.78 is 7.82. The van der Waals surface area contributed by atoms with E-state index in [9.17, 15) is 4.79 Å². The predicted molar refractivity (Wildman–Crippen MR) is 62.7 cm³/mol. The highest BCUT2D eigenvalue weighted by Crippen LogP contribution is 2.17. The van der Waals surface area contributed by atoms with Crippen LogP contribution in [0, 0.1) is 15.9 Å². The Bertz CT molecular complexity index is 249. The van der Waals surface area contributed by atoms with Gasteiger partial charge in [-0.05, 0) is 23.7 Å². The molecule has 0 aliphatic carbocycles. The molecule has 0 aromatic heterocycles. The molecule has 3 nitrogen and oxygen atoms in total. The van der Waals surface area contributed by atoms with Crippen LogP contribution in [0.5, 0.6) is 0 Å². The molecular weight excluding hydrogens is 293 g/mol. The lowest BCUT2D eigenvalue weighted by atomic mass is 9.97. The number of piperidine rings is 1. The lowest BCUT2D eigenvalue weighted by Gasteiger charge is -2.27. The molecule has 0 radical (unpaired) electrons. The van der Waals surface area contributed by atoms with Crippen molar-refractivity contribution in [1.82, 2.24) is 4.90 Å². The summed E-state index contributed by atoms with van der Waals surface area (Å²) in [6, 6.07) is 2.99. The fourth-order valence-electron chi connectivity index (χ4n) is 1.55. The van der Waals surface area contributed by atoms with Gasteiger partial charge in [0.2, 0.25) is 0 Å². The minimum Gasteiger partial charge on any atom is -0.466 e. The van der Waals surface area contributed by atoms with Crippen LogP contribution < -0.4 is 0 Å². The SMILES string of the molecule is CCOC(=O)C1CCN(C#CI)CC1. The summed E-state index contributed by atoms with van der Waals surface area (Å²) in [4.78, 5) is 13.4. The van der Waals surface area contributed by atoms with E-state index in [4.69, 9.17) is 4.74 Å². The number of carbonyl (C=O) groups excluding carboxylic acids is 1. The van der Waals surface area contributed by atoms with Crippen molar-refractivity contribution in [1.29, 1.82) is 0 Å². The number of likely N-dealkylation sites (tertiary alicyclic amines) is 1. The van der Waals surface area contributed by atoms with E-state index in [1.165, 1.54) is 0 Å². The first kappa shape index (κ1) is 11.6. The molecule has 14 heavy (non-hydrogen) atoms. The lowest BCUT2D eigenvalue weighted by molar-refractivity contribution is -0.149. The Balaban J connectivity index is 2.34. The first-order valence-corrected chi connectivity index (χ1v) is 5.88. The normalized spacial score (nSPS) is 17.1. The Morgan fingerprint density at radius 3 is 2.71 bits per heavy atom. The van der Waals surface area contributed by atoms with E-state index < -0.39 is 0 Å². The highest BCUT2D eigenvalue weighted by molar-refractivity contribution is 14.1. The van der Waals surface area contributed by atoms with Crippen LogP contribution in [0.2, 0.25) is 0 Å². The number of hydrogen-bond donors (Lipinski definition) is 0. The van der Waals surface area contributed by atoms with Gasteiger partial charge < -0.3 is 9.64 Å². The Kier molecular flexibility index (Phi) is 5.09. The minimum atomic E-state index is -0.0467. The van der Waals surface area contributed by atoms with Gasteiger partial charge in [-0.25, -0.2) is 0 Å². The number of hydrogen-bond acceptors (Lipinski definition) is 3. The van der Waals surface area contributed by atoms with Gasteiger partial charge in [-0.15, -0.1) is 0 Å². The number of rotatable bonds is 2. The third-order valence-electron chi connectivity index (χ3n) is 2.32. The molecule has 1 saturated heterocycles. The zero-order valence-electron chi connectivity index (χ0n) is 8.25. The number of halogens is 1. The summed E-state index contributed by atoms with van der Waals surface area (Å²) in [5, 5.41) is 0. The van der Waals surface area contributed by atoms with E-state index in [1.807, 2.05) is 29.5 Å². The van der Waals surface area contributed by atoms with Gasteiger partial charge in [0.05, 0.1) is 12.5 Å². The maximum absolute atomic E-state index is 11.4. The van der Waals surface area contributed by atoms with E-state index in [0.29, 0.717) is 6.61 Å². The Morgan fingerprint density at radius 1 is 1.57 bits per heavy atom. The van der Waals surface area contributed by atoms with Crippen molar-refractivity contribution < 1.29 is 9.53 Å².